The molecule has 0 bridgehead atoms. The number of nitrogens with zero attached hydrogens (tertiary/aromatic N) is 1. The minimum Gasteiger partial charge on any atom is -0.480 e. The van der Waals surface area contributed by atoms with E-state index in [0.717, 1.165) is 0 Å². The smallest absolute Gasteiger partial charge is 0.322 e. The summed E-state index contributed by atoms with van der Waals surface area (Å²) >= 11 is 0. The van der Waals surface area contributed by atoms with Crippen LogP contribution in [0.3, 0.4) is 0 Å². The minimum absolute atomic E-state index is 0.179. The predicted molar refractivity (Wildman–Crippen MR) is 62.3 cm³/mol. The molecule has 6 nitrogen and oxygen atoms in total. The molecule has 2 rings (SSSR count). The lowest BCUT2D eigenvalue weighted by molar-refractivity contribution is -0.140. The molecule has 1 aliphatic rings. The first-order chi connectivity index (χ1) is 9.64. The highest BCUT2D eigenvalue weighted by Crippen LogP contribution is 2.30. The molecule has 1 heterocycles. The zero-order valence-electron chi connectivity index (χ0n) is 10.3. The third-order valence-electron chi connectivity index (χ3n) is 3.05. The molecule has 0 saturated carbocycles. The lowest BCUT2D eigenvalue weighted by atomic mass is 10.2. The summed E-state index contributed by atoms with van der Waals surface area (Å²) in [7, 11) is -4.87. The third-order valence-corrected chi connectivity index (χ3v) is 4.98. The molecule has 2 atom stereocenters. The molecule has 21 heavy (non-hydrogen) atoms. The van der Waals surface area contributed by atoms with Gasteiger partial charge in [0.1, 0.15) is 23.5 Å². The van der Waals surface area contributed by atoms with Gasteiger partial charge in [-0.15, -0.1) is 0 Å². The van der Waals surface area contributed by atoms with Gasteiger partial charge in [-0.3, -0.25) is 4.79 Å². The Morgan fingerprint density at radius 3 is 2.24 bits per heavy atom. The van der Waals surface area contributed by atoms with Gasteiger partial charge in [0.05, 0.1) is 6.10 Å². The van der Waals surface area contributed by atoms with E-state index in [1.807, 2.05) is 0 Å². The molecule has 0 aliphatic carbocycles. The van der Waals surface area contributed by atoms with Crippen LogP contribution in [-0.4, -0.2) is 47.6 Å². The number of aliphatic carboxylic acids is 1. The van der Waals surface area contributed by atoms with Crippen LogP contribution in [0.15, 0.2) is 17.0 Å². The summed E-state index contributed by atoms with van der Waals surface area (Å²) in [5, 5.41) is 18.3. The Hall–Kier alpha value is -1.65. The van der Waals surface area contributed by atoms with Gasteiger partial charge in [-0.1, -0.05) is 0 Å². The van der Waals surface area contributed by atoms with E-state index in [0.29, 0.717) is 4.31 Å². The zero-order valence-corrected chi connectivity index (χ0v) is 11.1. The SMILES string of the molecule is O=C(O)C1CC(O)CN1S(=O)(=O)c1c(F)cc(F)cc1F. The Labute approximate surface area is 117 Å². The fraction of sp³-hybridized carbons (Fsp3) is 0.364. The van der Waals surface area contributed by atoms with Crippen LogP contribution in [0.1, 0.15) is 6.42 Å². The quantitative estimate of drug-likeness (QED) is 0.834. The maximum absolute atomic E-state index is 13.6. The first-order valence-corrected chi connectivity index (χ1v) is 7.16. The number of aliphatic hydroxyl groups excluding tert-OH is 1. The number of halogens is 3. The molecule has 1 aromatic carbocycles. The van der Waals surface area contributed by atoms with Crippen LogP contribution in [-0.2, 0) is 14.8 Å². The molecular weight excluding hydrogens is 315 g/mol. The number of hydrogen-bond donors (Lipinski definition) is 2. The highest BCUT2D eigenvalue weighted by Gasteiger charge is 2.45. The number of rotatable bonds is 3. The fourth-order valence-electron chi connectivity index (χ4n) is 2.17. The fourth-order valence-corrected chi connectivity index (χ4v) is 3.89. The summed E-state index contributed by atoms with van der Waals surface area (Å²) < 4.78 is 64.7. The van der Waals surface area contributed by atoms with Crippen molar-refractivity contribution in [1.82, 2.24) is 4.31 Å². The van der Waals surface area contributed by atoms with E-state index in [4.69, 9.17) is 5.11 Å². The molecule has 1 fully saturated rings. The highest BCUT2D eigenvalue weighted by atomic mass is 32.2. The lowest BCUT2D eigenvalue weighted by Crippen LogP contribution is -2.41. The van der Waals surface area contributed by atoms with Gasteiger partial charge in [0.2, 0.25) is 10.0 Å². The number of carboxylic acids is 1. The highest BCUT2D eigenvalue weighted by molar-refractivity contribution is 7.89. The van der Waals surface area contributed by atoms with Gasteiger partial charge < -0.3 is 10.2 Å². The number of aliphatic hydroxyl groups is 1. The third kappa shape index (κ3) is 2.74. The van der Waals surface area contributed by atoms with Crippen molar-refractivity contribution in [3.63, 3.8) is 0 Å². The average molecular weight is 325 g/mol. The lowest BCUT2D eigenvalue weighted by Gasteiger charge is -2.21. The van der Waals surface area contributed by atoms with Crippen molar-refractivity contribution in [1.29, 1.82) is 0 Å². The monoisotopic (exact) mass is 325 g/mol. The van der Waals surface area contributed by atoms with Crippen LogP contribution in [0.25, 0.3) is 0 Å². The number of hydrogen-bond acceptors (Lipinski definition) is 4. The first-order valence-electron chi connectivity index (χ1n) is 5.72. The zero-order chi connectivity index (χ0) is 15.9. The van der Waals surface area contributed by atoms with E-state index in [1.165, 1.54) is 0 Å². The van der Waals surface area contributed by atoms with Crippen LogP contribution in [0.2, 0.25) is 0 Å². The van der Waals surface area contributed by atoms with Crippen molar-refractivity contribution >= 4 is 16.0 Å². The summed E-state index contributed by atoms with van der Waals surface area (Å²) in [6.07, 6.45) is -1.67. The Kier molecular flexibility index (Phi) is 3.95. The van der Waals surface area contributed by atoms with E-state index in [9.17, 15) is 31.5 Å². The van der Waals surface area contributed by atoms with Crippen molar-refractivity contribution in [2.24, 2.45) is 0 Å². The Morgan fingerprint density at radius 2 is 1.76 bits per heavy atom. The van der Waals surface area contributed by atoms with Gasteiger partial charge in [-0.05, 0) is 0 Å². The van der Waals surface area contributed by atoms with Crippen molar-refractivity contribution in [3.8, 4) is 0 Å². The van der Waals surface area contributed by atoms with Crippen LogP contribution in [0.5, 0.6) is 0 Å². The van der Waals surface area contributed by atoms with E-state index in [1.54, 1.807) is 0 Å². The van der Waals surface area contributed by atoms with Gasteiger partial charge in [0.25, 0.3) is 0 Å². The van der Waals surface area contributed by atoms with Gasteiger partial charge in [0.15, 0.2) is 4.90 Å². The van der Waals surface area contributed by atoms with E-state index in [2.05, 4.69) is 0 Å². The van der Waals surface area contributed by atoms with Gasteiger partial charge in [0, 0.05) is 25.1 Å². The van der Waals surface area contributed by atoms with Crippen molar-refractivity contribution < 1.29 is 36.6 Å². The van der Waals surface area contributed by atoms with Crippen molar-refractivity contribution in [2.45, 2.75) is 23.5 Å². The predicted octanol–water partition coefficient (Wildman–Crippen LogP) is 0.312. The second-order valence-electron chi connectivity index (χ2n) is 4.52. The molecule has 1 aliphatic heterocycles. The van der Waals surface area contributed by atoms with E-state index >= 15 is 0 Å². The molecule has 116 valence electrons. The maximum Gasteiger partial charge on any atom is 0.322 e. The number of sulfonamides is 1. The van der Waals surface area contributed by atoms with Gasteiger partial charge in [-0.2, -0.15) is 4.31 Å². The Morgan fingerprint density at radius 1 is 1.24 bits per heavy atom. The summed E-state index contributed by atoms with van der Waals surface area (Å²) in [4.78, 5) is 9.55. The normalized spacial score (nSPS) is 23.4. The minimum atomic E-state index is -4.87. The van der Waals surface area contributed by atoms with Crippen LogP contribution in [0.4, 0.5) is 13.2 Å². The number of benzene rings is 1. The molecule has 0 radical (unpaired) electrons. The number of β-amino-alcohol motifs (C(OH)–C–C–N with tert-alkyl or cyclic N) is 1. The average Bonchev–Trinajstić information content (AvgIpc) is 2.70. The number of carbonyl (C=O) groups is 1. The molecule has 0 aromatic heterocycles. The molecule has 0 spiro atoms. The van der Waals surface area contributed by atoms with Crippen LogP contribution < -0.4 is 0 Å². The molecule has 1 aromatic rings. The van der Waals surface area contributed by atoms with Crippen LogP contribution >= 0.6 is 0 Å². The van der Waals surface area contributed by atoms with Gasteiger partial charge in [-0.25, -0.2) is 21.6 Å². The number of carboxylic acid groups (broad SMARTS) is 1. The topological polar surface area (TPSA) is 94.9 Å². The second-order valence-corrected chi connectivity index (χ2v) is 6.34. The Balaban J connectivity index is 2.55. The standard InChI is InChI=1S/C11H10F3NO5S/c12-5-1-7(13)10(8(14)2-5)21(19,20)15-4-6(16)3-9(15)11(17)18/h1-2,6,9,16H,3-4H2,(H,17,18). The summed E-state index contributed by atoms with van der Waals surface area (Å²) in [5.41, 5.74) is 0. The maximum atomic E-state index is 13.6. The molecule has 1 saturated heterocycles. The van der Waals surface area contributed by atoms with Gasteiger partial charge >= 0.3 is 5.97 Å². The molecule has 0 amide bonds. The second kappa shape index (κ2) is 5.28. The van der Waals surface area contributed by atoms with E-state index in [-0.39, 0.29) is 12.1 Å². The van der Waals surface area contributed by atoms with Crippen molar-refractivity contribution in [3.05, 3.63) is 29.6 Å². The largest absolute Gasteiger partial charge is 0.480 e. The summed E-state index contributed by atoms with van der Waals surface area (Å²) in [6.45, 7) is -0.616. The molecule has 10 heteroatoms. The summed E-state index contributed by atoms with van der Waals surface area (Å²) in [5.74, 6) is -6.20. The molecule has 2 unspecified atom stereocenters. The first kappa shape index (κ1) is 15.7. The van der Waals surface area contributed by atoms with Crippen molar-refractivity contribution in [2.75, 3.05) is 6.54 Å². The molecule has 2 N–H and O–H groups in total. The summed E-state index contributed by atoms with van der Waals surface area (Å²) in [6, 6.07) is -1.29. The Bertz CT molecular complexity index is 670. The van der Waals surface area contributed by atoms with E-state index < -0.39 is 63.5 Å². The molecular formula is C11H10F3NO5S. The van der Waals surface area contributed by atoms with Crippen LogP contribution in [0, 0.1) is 17.5 Å².